The molecule has 0 saturated carbocycles. The lowest BCUT2D eigenvalue weighted by Crippen LogP contribution is -2.03. The number of aromatic nitrogens is 2. The summed E-state index contributed by atoms with van der Waals surface area (Å²) in [6.45, 7) is 1.94. The van der Waals surface area contributed by atoms with Crippen molar-refractivity contribution in [3.8, 4) is 17.2 Å². The fourth-order valence-electron chi connectivity index (χ4n) is 2.76. The summed E-state index contributed by atoms with van der Waals surface area (Å²) in [5.41, 5.74) is 1.42. The van der Waals surface area contributed by atoms with Crippen LogP contribution in [0.25, 0.3) is 22.4 Å². The van der Waals surface area contributed by atoms with E-state index >= 15 is 0 Å². The van der Waals surface area contributed by atoms with Crippen LogP contribution < -0.4 is 4.74 Å². The van der Waals surface area contributed by atoms with Crippen molar-refractivity contribution >= 4 is 10.9 Å². The molecular formula is C20H15F3N2O2. The molecule has 0 bridgehead atoms. The van der Waals surface area contributed by atoms with Gasteiger partial charge in [0.25, 0.3) is 0 Å². The molecule has 2 heterocycles. The molecule has 2 aromatic carbocycles. The Morgan fingerprint density at radius 1 is 1.07 bits per heavy atom. The maximum atomic E-state index is 12.7. The first-order chi connectivity index (χ1) is 12.9. The van der Waals surface area contributed by atoms with E-state index in [0.29, 0.717) is 22.8 Å². The van der Waals surface area contributed by atoms with E-state index in [0.717, 1.165) is 23.0 Å². The molecule has 0 spiro atoms. The number of aryl methyl sites for hydroxylation is 1. The average molecular weight is 372 g/mol. The fraction of sp³-hybridized carbons (Fsp3) is 0.150. The molecule has 4 aromatic rings. The van der Waals surface area contributed by atoms with Gasteiger partial charge in [-0.25, -0.2) is 4.98 Å². The number of hydrogen-bond acceptors (Lipinski definition) is 3. The van der Waals surface area contributed by atoms with Crippen LogP contribution in [0.2, 0.25) is 0 Å². The van der Waals surface area contributed by atoms with Crippen molar-refractivity contribution in [1.82, 2.24) is 9.97 Å². The number of hydrogen-bond donors (Lipinski definition) is 1. The van der Waals surface area contributed by atoms with Gasteiger partial charge in [-0.05, 0) is 55.5 Å². The fourth-order valence-corrected chi connectivity index (χ4v) is 2.76. The van der Waals surface area contributed by atoms with Gasteiger partial charge in [-0.15, -0.1) is 0 Å². The summed E-state index contributed by atoms with van der Waals surface area (Å²) in [5.74, 6) is 1.48. The smallest absolute Gasteiger partial charge is 0.416 e. The van der Waals surface area contributed by atoms with Crippen LogP contribution in [0.3, 0.4) is 0 Å². The summed E-state index contributed by atoms with van der Waals surface area (Å²) < 4.78 is 49.5. The molecule has 1 N–H and O–H groups in total. The number of benzene rings is 2. The van der Waals surface area contributed by atoms with E-state index in [2.05, 4.69) is 9.97 Å². The van der Waals surface area contributed by atoms with Gasteiger partial charge in [0, 0.05) is 22.7 Å². The maximum Gasteiger partial charge on any atom is 0.416 e. The molecule has 0 fully saturated rings. The number of ether oxygens (including phenoxy) is 1. The number of oxazole rings is 1. The van der Waals surface area contributed by atoms with Gasteiger partial charge < -0.3 is 14.1 Å². The maximum absolute atomic E-state index is 12.7. The molecule has 2 aromatic heterocycles. The lowest BCUT2D eigenvalue weighted by Gasteiger charge is -2.06. The van der Waals surface area contributed by atoms with Gasteiger partial charge in [-0.1, -0.05) is 0 Å². The van der Waals surface area contributed by atoms with E-state index in [1.807, 2.05) is 30.5 Å². The molecular weight excluding hydrogens is 357 g/mol. The zero-order chi connectivity index (χ0) is 19.0. The molecule has 7 heteroatoms. The monoisotopic (exact) mass is 372 g/mol. The van der Waals surface area contributed by atoms with E-state index in [1.165, 1.54) is 12.1 Å². The first-order valence-corrected chi connectivity index (χ1v) is 8.24. The first kappa shape index (κ1) is 17.2. The molecule has 0 atom stereocenters. The predicted octanol–water partition coefficient (Wildman–Crippen LogP) is 5.73. The molecule has 27 heavy (non-hydrogen) atoms. The standard InChI is InChI=1S/C20H15F3N2O2/c1-12-18(11-26-16-6-7-17-14(10-16)8-9-24-17)27-19(25-12)13-2-4-15(5-3-13)20(21,22)23/h2-10,24H,11H2,1H3. The minimum atomic E-state index is -4.37. The number of H-pyrrole nitrogens is 1. The summed E-state index contributed by atoms with van der Waals surface area (Å²) in [7, 11) is 0. The first-order valence-electron chi connectivity index (χ1n) is 8.24. The van der Waals surface area contributed by atoms with Crippen LogP contribution in [0.1, 0.15) is 17.0 Å². The molecule has 0 aliphatic heterocycles. The second kappa shape index (κ2) is 6.50. The lowest BCUT2D eigenvalue weighted by atomic mass is 10.1. The van der Waals surface area contributed by atoms with Gasteiger partial charge in [-0.3, -0.25) is 0 Å². The van der Waals surface area contributed by atoms with Crippen molar-refractivity contribution in [2.45, 2.75) is 19.7 Å². The molecule has 0 unspecified atom stereocenters. The summed E-state index contributed by atoms with van der Waals surface area (Å²) in [4.78, 5) is 7.40. The number of halogens is 3. The van der Waals surface area contributed by atoms with E-state index in [-0.39, 0.29) is 12.5 Å². The number of aromatic amines is 1. The van der Waals surface area contributed by atoms with Gasteiger partial charge in [0.05, 0.1) is 11.3 Å². The van der Waals surface area contributed by atoms with E-state index in [1.54, 1.807) is 6.92 Å². The van der Waals surface area contributed by atoms with E-state index in [4.69, 9.17) is 9.15 Å². The molecule has 0 saturated heterocycles. The van der Waals surface area contributed by atoms with Gasteiger partial charge in [0.15, 0.2) is 5.76 Å². The molecule has 0 aliphatic carbocycles. The van der Waals surface area contributed by atoms with Crippen molar-refractivity contribution in [3.05, 3.63) is 71.7 Å². The Morgan fingerprint density at radius 2 is 1.85 bits per heavy atom. The molecule has 0 radical (unpaired) electrons. The normalized spacial score (nSPS) is 11.9. The van der Waals surface area contributed by atoms with E-state index < -0.39 is 11.7 Å². The second-order valence-electron chi connectivity index (χ2n) is 6.12. The van der Waals surface area contributed by atoms with Crippen LogP contribution in [-0.4, -0.2) is 9.97 Å². The van der Waals surface area contributed by atoms with E-state index in [9.17, 15) is 13.2 Å². The molecule has 4 rings (SSSR count). The van der Waals surface area contributed by atoms with Crippen molar-refractivity contribution in [2.75, 3.05) is 0 Å². The Labute approximate surface area is 152 Å². The molecule has 4 nitrogen and oxygen atoms in total. The third-order valence-electron chi connectivity index (χ3n) is 4.25. The van der Waals surface area contributed by atoms with Crippen LogP contribution >= 0.6 is 0 Å². The quantitative estimate of drug-likeness (QED) is 0.498. The van der Waals surface area contributed by atoms with Gasteiger partial charge >= 0.3 is 6.18 Å². The average Bonchev–Trinajstić information content (AvgIpc) is 3.25. The highest BCUT2D eigenvalue weighted by atomic mass is 19.4. The topological polar surface area (TPSA) is 51.1 Å². The summed E-state index contributed by atoms with van der Waals surface area (Å²) in [5, 5.41) is 1.03. The third kappa shape index (κ3) is 3.53. The second-order valence-corrected chi connectivity index (χ2v) is 6.12. The highest BCUT2D eigenvalue weighted by Gasteiger charge is 2.30. The van der Waals surface area contributed by atoms with Crippen molar-refractivity contribution < 1.29 is 22.3 Å². The van der Waals surface area contributed by atoms with Crippen LogP contribution in [0.5, 0.6) is 5.75 Å². The minimum Gasteiger partial charge on any atom is -0.486 e. The molecule has 0 aliphatic rings. The predicted molar refractivity (Wildman–Crippen MR) is 94.3 cm³/mol. The Bertz CT molecular complexity index is 1080. The zero-order valence-corrected chi connectivity index (χ0v) is 14.3. The van der Waals surface area contributed by atoms with Crippen LogP contribution in [0, 0.1) is 6.92 Å². The van der Waals surface area contributed by atoms with Gasteiger partial charge in [-0.2, -0.15) is 13.2 Å². The van der Waals surface area contributed by atoms with Crippen molar-refractivity contribution in [1.29, 1.82) is 0 Å². The SMILES string of the molecule is Cc1nc(-c2ccc(C(F)(F)F)cc2)oc1COc1ccc2[nH]ccc2c1. The highest BCUT2D eigenvalue weighted by molar-refractivity contribution is 5.80. The summed E-state index contributed by atoms with van der Waals surface area (Å²) in [6, 6.07) is 12.3. The number of rotatable bonds is 4. The Balaban J connectivity index is 1.51. The third-order valence-corrected chi connectivity index (χ3v) is 4.25. The highest BCUT2D eigenvalue weighted by Crippen LogP contribution is 2.31. The van der Waals surface area contributed by atoms with Gasteiger partial charge in [0.2, 0.25) is 5.89 Å². The minimum absolute atomic E-state index is 0.176. The summed E-state index contributed by atoms with van der Waals surface area (Å²) >= 11 is 0. The number of alkyl halides is 3. The largest absolute Gasteiger partial charge is 0.486 e. The van der Waals surface area contributed by atoms with Crippen molar-refractivity contribution in [3.63, 3.8) is 0 Å². The van der Waals surface area contributed by atoms with Crippen LogP contribution in [0.15, 0.2) is 59.1 Å². The number of fused-ring (bicyclic) bond motifs is 1. The van der Waals surface area contributed by atoms with Crippen LogP contribution in [0.4, 0.5) is 13.2 Å². The molecule has 138 valence electrons. The molecule has 0 amide bonds. The zero-order valence-electron chi connectivity index (χ0n) is 14.3. The summed E-state index contributed by atoms with van der Waals surface area (Å²) in [6.07, 6.45) is -2.52. The van der Waals surface area contributed by atoms with Gasteiger partial charge in [0.1, 0.15) is 12.4 Å². The Kier molecular flexibility index (Phi) is 4.14. The number of nitrogens with zero attached hydrogens (tertiary/aromatic N) is 1. The van der Waals surface area contributed by atoms with Crippen LogP contribution in [-0.2, 0) is 12.8 Å². The number of nitrogens with one attached hydrogen (secondary N) is 1. The Hall–Kier alpha value is -3.22. The lowest BCUT2D eigenvalue weighted by molar-refractivity contribution is -0.137. The van der Waals surface area contributed by atoms with Crippen molar-refractivity contribution in [2.24, 2.45) is 0 Å². The Morgan fingerprint density at radius 3 is 2.59 bits per heavy atom.